The van der Waals surface area contributed by atoms with Crippen molar-refractivity contribution in [1.82, 2.24) is 5.32 Å². The van der Waals surface area contributed by atoms with Crippen molar-refractivity contribution in [2.24, 2.45) is 0 Å². The van der Waals surface area contributed by atoms with E-state index < -0.39 is 20.0 Å². The van der Waals surface area contributed by atoms with Crippen LogP contribution < -0.4 is 10.2 Å². The second kappa shape index (κ2) is 62.0. The second-order valence-electron chi connectivity index (χ2n) is 24.2. The Morgan fingerprint density at radius 1 is 0.444 bits per heavy atom. The SMILES string of the molecule is CC/C=C\C/C=C\C/C=C\C/C=C\C/C=C\C/C=C\C/C=C\C/C=C\CCCCCCCCC(=O)NC(COP(=O)([O-])OCC[N+](C)(C)C)C(O)CCCCCCCCCCCCCCCCCCCCCCCCCCCCCC. The van der Waals surface area contributed by atoms with Gasteiger partial charge in [-0.2, -0.15) is 0 Å². The van der Waals surface area contributed by atoms with Crippen molar-refractivity contribution < 1.29 is 32.9 Å². The molecule has 0 rings (SSSR count). The van der Waals surface area contributed by atoms with E-state index in [2.05, 4.69) is 116 Å². The van der Waals surface area contributed by atoms with Crippen LogP contribution in [0.5, 0.6) is 0 Å². The van der Waals surface area contributed by atoms with E-state index in [1.807, 2.05) is 21.1 Å². The number of likely N-dealkylation sites (N-methyl/N-ethyl adjacent to an activating group) is 1. The van der Waals surface area contributed by atoms with E-state index in [9.17, 15) is 19.4 Å². The molecule has 0 saturated carbocycles. The first-order chi connectivity index (χ1) is 39.5. The molecule has 0 bridgehead atoms. The Morgan fingerprint density at radius 3 is 1.10 bits per heavy atom. The highest BCUT2D eigenvalue weighted by molar-refractivity contribution is 7.45. The maximum atomic E-state index is 13.0. The van der Waals surface area contributed by atoms with E-state index in [-0.39, 0.29) is 19.1 Å². The van der Waals surface area contributed by atoms with Crippen LogP contribution in [0.3, 0.4) is 0 Å². The molecule has 0 aliphatic carbocycles. The van der Waals surface area contributed by atoms with Crippen molar-refractivity contribution >= 4 is 13.7 Å². The second-order valence-corrected chi connectivity index (χ2v) is 25.6. The molecule has 81 heavy (non-hydrogen) atoms. The summed E-state index contributed by atoms with van der Waals surface area (Å²) in [5, 5.41) is 14.1. The van der Waals surface area contributed by atoms with Crippen LogP contribution in [0.25, 0.3) is 0 Å². The minimum Gasteiger partial charge on any atom is -0.756 e. The van der Waals surface area contributed by atoms with Crippen LogP contribution in [0.2, 0.25) is 0 Å². The number of phosphoric acid groups is 1. The molecule has 1 amide bonds. The maximum Gasteiger partial charge on any atom is 0.268 e. The summed E-state index contributed by atoms with van der Waals surface area (Å²) in [5.74, 6) is -0.179. The van der Waals surface area contributed by atoms with E-state index >= 15 is 0 Å². The number of aliphatic hydroxyl groups excluding tert-OH is 1. The topological polar surface area (TPSA) is 108 Å². The van der Waals surface area contributed by atoms with Crippen LogP contribution in [-0.2, 0) is 18.4 Å². The van der Waals surface area contributed by atoms with Crippen LogP contribution in [-0.4, -0.2) is 68.5 Å². The average molecular weight is 1150 g/mol. The number of amides is 1. The van der Waals surface area contributed by atoms with Crippen LogP contribution in [0, 0.1) is 0 Å². The fraction of sp³-hybridized carbons (Fsp3) is 0.764. The van der Waals surface area contributed by atoms with Crippen LogP contribution in [0.4, 0.5) is 0 Å². The van der Waals surface area contributed by atoms with Crippen molar-refractivity contribution in [3.05, 3.63) is 97.2 Å². The highest BCUT2D eigenvalue weighted by Gasteiger charge is 2.24. The number of hydrogen-bond acceptors (Lipinski definition) is 6. The molecular weight excluding hydrogens is 1020 g/mol. The minimum atomic E-state index is -4.59. The molecule has 0 aliphatic heterocycles. The highest BCUT2D eigenvalue weighted by Crippen LogP contribution is 2.38. The quantitative estimate of drug-likeness (QED) is 0.0272. The smallest absolute Gasteiger partial charge is 0.268 e. The third-order valence-corrected chi connectivity index (χ3v) is 16.1. The van der Waals surface area contributed by atoms with E-state index in [1.165, 1.54) is 173 Å². The first-order valence-corrected chi connectivity index (χ1v) is 35.5. The van der Waals surface area contributed by atoms with Crippen molar-refractivity contribution in [3.8, 4) is 0 Å². The lowest BCUT2D eigenvalue weighted by molar-refractivity contribution is -0.870. The number of nitrogens with zero attached hydrogens (tertiary/aromatic N) is 1. The number of carbonyl (C=O) groups excluding carboxylic acids is 1. The number of aliphatic hydroxyl groups is 1. The van der Waals surface area contributed by atoms with E-state index in [0.717, 1.165) is 103 Å². The van der Waals surface area contributed by atoms with E-state index in [1.54, 1.807) is 0 Å². The summed E-state index contributed by atoms with van der Waals surface area (Å²) in [4.78, 5) is 25.7. The Balaban J connectivity index is 4.14. The lowest BCUT2D eigenvalue weighted by atomic mass is 10.0. The van der Waals surface area contributed by atoms with Gasteiger partial charge in [0.2, 0.25) is 5.91 Å². The molecule has 3 atom stereocenters. The molecule has 0 aliphatic rings. The molecule has 470 valence electrons. The normalized spacial score (nSPS) is 14.3. The third-order valence-electron chi connectivity index (χ3n) is 15.1. The molecule has 3 unspecified atom stereocenters. The largest absolute Gasteiger partial charge is 0.756 e. The molecule has 0 aromatic rings. The predicted octanol–water partition coefficient (Wildman–Crippen LogP) is 21.1. The molecule has 0 heterocycles. The van der Waals surface area contributed by atoms with Crippen LogP contribution in [0.15, 0.2) is 97.2 Å². The summed E-state index contributed by atoms with van der Waals surface area (Å²) < 4.78 is 23.5. The van der Waals surface area contributed by atoms with Crippen molar-refractivity contribution in [3.63, 3.8) is 0 Å². The Kier molecular flexibility index (Phi) is 60.0. The van der Waals surface area contributed by atoms with Gasteiger partial charge in [0.25, 0.3) is 7.82 Å². The Labute approximate surface area is 502 Å². The maximum absolute atomic E-state index is 13.0. The van der Waals surface area contributed by atoms with Gasteiger partial charge in [0.1, 0.15) is 13.2 Å². The Bertz CT molecular complexity index is 1640. The lowest BCUT2D eigenvalue weighted by Crippen LogP contribution is -2.46. The van der Waals surface area contributed by atoms with E-state index in [4.69, 9.17) is 9.05 Å². The van der Waals surface area contributed by atoms with Crippen molar-refractivity contribution in [2.75, 3.05) is 40.9 Å². The van der Waals surface area contributed by atoms with Gasteiger partial charge in [-0.3, -0.25) is 9.36 Å². The first-order valence-electron chi connectivity index (χ1n) is 34.1. The van der Waals surface area contributed by atoms with Gasteiger partial charge in [0, 0.05) is 6.42 Å². The number of hydrogen-bond donors (Lipinski definition) is 2. The Hall–Kier alpha value is -2.58. The zero-order valence-electron chi connectivity index (χ0n) is 53.7. The molecule has 0 aromatic heterocycles. The number of nitrogens with one attached hydrogen (secondary N) is 1. The van der Waals surface area contributed by atoms with Crippen molar-refractivity contribution in [2.45, 2.75) is 315 Å². The minimum absolute atomic E-state index is 0.00459. The molecule has 0 spiro atoms. The van der Waals surface area contributed by atoms with Gasteiger partial charge in [-0.05, 0) is 77.0 Å². The fourth-order valence-electron chi connectivity index (χ4n) is 9.82. The molecule has 0 aromatic carbocycles. The number of unbranched alkanes of at least 4 members (excludes halogenated alkanes) is 33. The zero-order chi connectivity index (χ0) is 59.1. The zero-order valence-corrected chi connectivity index (χ0v) is 54.6. The lowest BCUT2D eigenvalue weighted by Gasteiger charge is -2.30. The monoisotopic (exact) mass is 1150 g/mol. The van der Waals surface area contributed by atoms with Crippen LogP contribution >= 0.6 is 7.82 Å². The first kappa shape index (κ1) is 78.4. The summed E-state index contributed by atoms with van der Waals surface area (Å²) in [6.07, 6.45) is 89.0. The number of quaternary nitrogens is 1. The Morgan fingerprint density at radius 2 is 0.753 bits per heavy atom. The van der Waals surface area contributed by atoms with Gasteiger partial charge in [0.05, 0.1) is 39.9 Å². The van der Waals surface area contributed by atoms with Gasteiger partial charge in [-0.1, -0.05) is 317 Å². The third kappa shape index (κ3) is 64.8. The standard InChI is InChI=1S/C72H131N2O6P/c1-6-8-10-12-14-16-18-20-22-24-26-28-30-32-34-36-37-38-40-42-44-46-48-50-52-54-56-58-60-62-64-66-72(76)73-70(69-80-81(77,78)79-68-67-74(3,4)5)71(75)65-63-61-59-57-55-53-51-49-47-45-43-41-39-35-33-31-29-27-25-23-21-19-17-15-13-11-9-7-2/h8,10,14,16,20,22,26,28,32,34,37-38,42,44,48,50,70-71,75H,6-7,9,11-13,15,17-19,21,23-25,27,29-31,33,35-36,39-41,43,45-47,49,51-69H2,1-5H3,(H-,73,76,77,78)/b10-8-,16-14-,22-20-,28-26-,34-32-,38-37-,44-42-,50-48-. The predicted molar refractivity (Wildman–Crippen MR) is 353 cm³/mol. The summed E-state index contributed by atoms with van der Waals surface area (Å²) in [5.41, 5.74) is 0. The van der Waals surface area contributed by atoms with Gasteiger partial charge in [-0.25, -0.2) is 0 Å². The molecule has 8 nitrogen and oxygen atoms in total. The summed E-state index contributed by atoms with van der Waals surface area (Å²) in [7, 11) is 1.29. The average Bonchev–Trinajstić information content (AvgIpc) is 3.43. The number of rotatable bonds is 62. The summed E-state index contributed by atoms with van der Waals surface area (Å²) in [6.45, 7) is 4.62. The highest BCUT2D eigenvalue weighted by atomic mass is 31.2. The van der Waals surface area contributed by atoms with E-state index in [0.29, 0.717) is 23.9 Å². The number of carbonyl (C=O) groups is 1. The van der Waals surface area contributed by atoms with Crippen LogP contribution in [0.1, 0.15) is 303 Å². The number of phosphoric ester groups is 1. The summed E-state index contributed by atoms with van der Waals surface area (Å²) in [6, 6.07) is -0.818. The van der Waals surface area contributed by atoms with Gasteiger partial charge >= 0.3 is 0 Å². The molecule has 0 radical (unpaired) electrons. The molecule has 2 N–H and O–H groups in total. The van der Waals surface area contributed by atoms with Gasteiger partial charge in [0.15, 0.2) is 0 Å². The van der Waals surface area contributed by atoms with Gasteiger partial charge < -0.3 is 28.8 Å². The van der Waals surface area contributed by atoms with Gasteiger partial charge in [-0.15, -0.1) is 0 Å². The molecule has 0 saturated heterocycles. The van der Waals surface area contributed by atoms with Crippen molar-refractivity contribution in [1.29, 1.82) is 0 Å². The number of allylic oxidation sites excluding steroid dienone is 16. The fourth-order valence-corrected chi connectivity index (χ4v) is 10.5. The molecule has 0 fully saturated rings. The summed E-state index contributed by atoms with van der Waals surface area (Å²) >= 11 is 0. The molecule has 9 heteroatoms. The molecular formula is C72H131N2O6P.